The monoisotopic (exact) mass is 259 g/mol. The number of carbonyl (C=O) groups is 1. The first kappa shape index (κ1) is 13.3. The molecule has 2 nitrogen and oxygen atoms in total. The predicted molar refractivity (Wildman–Crippen MR) is 68.5 cm³/mol. The summed E-state index contributed by atoms with van der Waals surface area (Å²) in [5.74, 6) is -0.0544. The maximum Gasteiger partial charge on any atom is 0.182 e. The number of Topliss-reactive ketones (excluding diaryl/α,β-unsaturated/α-hetero) is 1. The van der Waals surface area contributed by atoms with Crippen LogP contribution in [0.3, 0.4) is 0 Å². The van der Waals surface area contributed by atoms with Crippen molar-refractivity contribution < 1.29 is 4.79 Å². The number of aromatic nitrogens is 1. The van der Waals surface area contributed by atoms with E-state index in [1.54, 1.807) is 6.92 Å². The van der Waals surface area contributed by atoms with Gasteiger partial charge in [0.05, 0.1) is 11.9 Å². The zero-order chi connectivity index (χ0) is 12.5. The molecule has 1 heterocycles. The summed E-state index contributed by atoms with van der Waals surface area (Å²) in [4.78, 5) is 11.8. The van der Waals surface area contributed by atoms with Gasteiger partial charge in [-0.1, -0.05) is 18.2 Å². The number of rotatable bonds is 4. The van der Waals surface area contributed by atoms with E-state index in [9.17, 15) is 4.79 Å². The molecule has 1 rings (SSSR count). The molecule has 0 bridgehead atoms. The molecule has 88 valence electrons. The SMILES string of the molecule is C=C(Cl)Cn1c(C)cc(C(=O)C(C)Cl)c1C. The van der Waals surface area contributed by atoms with Crippen molar-refractivity contribution in [1.82, 2.24) is 4.57 Å². The molecule has 16 heavy (non-hydrogen) atoms. The van der Waals surface area contributed by atoms with Crippen LogP contribution < -0.4 is 0 Å². The number of hydrogen-bond donors (Lipinski definition) is 0. The van der Waals surface area contributed by atoms with Crippen molar-refractivity contribution in [2.24, 2.45) is 0 Å². The molecule has 0 radical (unpaired) electrons. The Hall–Kier alpha value is -0.730. The van der Waals surface area contributed by atoms with Gasteiger partial charge in [-0.2, -0.15) is 0 Å². The summed E-state index contributed by atoms with van der Waals surface area (Å²) in [7, 11) is 0. The zero-order valence-corrected chi connectivity index (χ0v) is 11.2. The smallest absolute Gasteiger partial charge is 0.182 e. The highest BCUT2D eigenvalue weighted by Gasteiger charge is 2.19. The van der Waals surface area contributed by atoms with Gasteiger partial charge >= 0.3 is 0 Å². The number of aryl methyl sites for hydroxylation is 1. The Morgan fingerprint density at radius 1 is 1.56 bits per heavy atom. The van der Waals surface area contributed by atoms with E-state index in [1.165, 1.54) is 0 Å². The summed E-state index contributed by atoms with van der Waals surface area (Å²) in [6.07, 6.45) is 0. The third kappa shape index (κ3) is 2.69. The molecule has 1 atom stereocenters. The molecule has 0 N–H and O–H groups in total. The lowest BCUT2D eigenvalue weighted by Crippen LogP contribution is -2.12. The second-order valence-electron chi connectivity index (χ2n) is 3.87. The fraction of sp³-hybridized carbons (Fsp3) is 0.417. The first-order valence-electron chi connectivity index (χ1n) is 5.03. The molecule has 0 aliphatic heterocycles. The minimum absolute atomic E-state index is 0.0544. The third-order valence-corrected chi connectivity index (χ3v) is 2.85. The summed E-state index contributed by atoms with van der Waals surface area (Å²) < 4.78 is 1.96. The Morgan fingerprint density at radius 2 is 2.12 bits per heavy atom. The predicted octanol–water partition coefficient (Wildman–Crippen LogP) is 3.67. The molecule has 1 aromatic heterocycles. The topological polar surface area (TPSA) is 22.0 Å². The van der Waals surface area contributed by atoms with E-state index in [4.69, 9.17) is 23.2 Å². The van der Waals surface area contributed by atoms with Crippen molar-refractivity contribution in [2.75, 3.05) is 0 Å². The fourth-order valence-corrected chi connectivity index (χ4v) is 1.92. The average Bonchev–Trinajstić information content (AvgIpc) is 2.44. The van der Waals surface area contributed by atoms with Gasteiger partial charge in [0.2, 0.25) is 0 Å². The van der Waals surface area contributed by atoms with E-state index in [2.05, 4.69) is 6.58 Å². The molecule has 0 aliphatic carbocycles. The van der Waals surface area contributed by atoms with Crippen molar-refractivity contribution in [1.29, 1.82) is 0 Å². The summed E-state index contributed by atoms with van der Waals surface area (Å²) in [6.45, 7) is 9.67. The minimum Gasteiger partial charge on any atom is -0.343 e. The Balaban J connectivity index is 3.16. The molecule has 0 aliphatic rings. The van der Waals surface area contributed by atoms with Crippen molar-refractivity contribution >= 4 is 29.0 Å². The van der Waals surface area contributed by atoms with Gasteiger partial charge < -0.3 is 4.57 Å². The molecule has 0 fully saturated rings. The molecular weight excluding hydrogens is 245 g/mol. The molecule has 0 aromatic carbocycles. The fourth-order valence-electron chi connectivity index (χ4n) is 1.68. The van der Waals surface area contributed by atoms with Crippen molar-refractivity contribution in [2.45, 2.75) is 32.7 Å². The van der Waals surface area contributed by atoms with Gasteiger partial charge in [0.25, 0.3) is 0 Å². The number of halogens is 2. The lowest BCUT2D eigenvalue weighted by atomic mass is 10.1. The highest BCUT2D eigenvalue weighted by atomic mass is 35.5. The standard InChI is InChI=1S/C12H15Cl2NO/c1-7(13)6-15-8(2)5-11(10(15)4)12(16)9(3)14/h5,9H,1,6H2,2-4H3. The highest BCUT2D eigenvalue weighted by Crippen LogP contribution is 2.20. The Labute approximate surface area is 106 Å². The van der Waals surface area contributed by atoms with Crippen LogP contribution in [0.25, 0.3) is 0 Å². The quantitative estimate of drug-likeness (QED) is 0.598. The second kappa shape index (κ2) is 5.07. The minimum atomic E-state index is -0.506. The van der Waals surface area contributed by atoms with E-state index in [0.717, 1.165) is 11.4 Å². The normalized spacial score (nSPS) is 12.6. The van der Waals surface area contributed by atoms with E-state index in [-0.39, 0.29) is 5.78 Å². The number of nitrogens with zero attached hydrogens (tertiary/aromatic N) is 1. The van der Waals surface area contributed by atoms with Gasteiger partial charge in [0.15, 0.2) is 5.78 Å². The van der Waals surface area contributed by atoms with Gasteiger partial charge in [0.1, 0.15) is 0 Å². The van der Waals surface area contributed by atoms with Crippen LogP contribution >= 0.6 is 23.2 Å². The van der Waals surface area contributed by atoms with Crippen LogP contribution in [0.15, 0.2) is 17.7 Å². The van der Waals surface area contributed by atoms with E-state index in [0.29, 0.717) is 17.1 Å². The van der Waals surface area contributed by atoms with Crippen LogP contribution in [0.2, 0.25) is 0 Å². The summed E-state index contributed by atoms with van der Waals surface area (Å²) in [5.41, 5.74) is 2.54. The zero-order valence-electron chi connectivity index (χ0n) is 9.68. The lowest BCUT2D eigenvalue weighted by Gasteiger charge is -2.08. The van der Waals surface area contributed by atoms with Crippen molar-refractivity contribution in [3.8, 4) is 0 Å². The summed E-state index contributed by atoms with van der Waals surface area (Å²) >= 11 is 11.6. The first-order chi connectivity index (χ1) is 7.34. The van der Waals surface area contributed by atoms with Crippen LogP contribution in [0.5, 0.6) is 0 Å². The number of carbonyl (C=O) groups excluding carboxylic acids is 1. The molecular formula is C12H15Cl2NO. The van der Waals surface area contributed by atoms with Crippen LogP contribution in [-0.4, -0.2) is 15.7 Å². The van der Waals surface area contributed by atoms with Crippen LogP contribution in [0.1, 0.15) is 28.7 Å². The maximum absolute atomic E-state index is 11.8. The van der Waals surface area contributed by atoms with Crippen LogP contribution in [-0.2, 0) is 6.54 Å². The van der Waals surface area contributed by atoms with Gasteiger partial charge in [0, 0.05) is 22.0 Å². The number of hydrogen-bond acceptors (Lipinski definition) is 1. The first-order valence-corrected chi connectivity index (χ1v) is 5.84. The second-order valence-corrected chi connectivity index (χ2v) is 5.06. The number of allylic oxidation sites excluding steroid dienone is 1. The number of ketones is 1. The largest absolute Gasteiger partial charge is 0.343 e. The third-order valence-electron chi connectivity index (χ3n) is 2.53. The lowest BCUT2D eigenvalue weighted by molar-refractivity contribution is 0.0991. The van der Waals surface area contributed by atoms with Gasteiger partial charge in [-0.3, -0.25) is 4.79 Å². The maximum atomic E-state index is 11.8. The summed E-state index contributed by atoms with van der Waals surface area (Å²) in [5, 5.41) is 0.0351. The molecule has 0 saturated heterocycles. The molecule has 1 aromatic rings. The van der Waals surface area contributed by atoms with Gasteiger partial charge in [-0.15, -0.1) is 11.6 Å². The Morgan fingerprint density at radius 3 is 2.56 bits per heavy atom. The molecule has 4 heteroatoms. The summed E-state index contributed by atoms with van der Waals surface area (Å²) in [6, 6.07) is 1.84. The molecule has 0 amide bonds. The van der Waals surface area contributed by atoms with Crippen molar-refractivity contribution in [3.63, 3.8) is 0 Å². The highest BCUT2D eigenvalue weighted by molar-refractivity contribution is 6.33. The van der Waals surface area contributed by atoms with E-state index < -0.39 is 5.38 Å². The number of alkyl halides is 1. The Kier molecular flexibility index (Phi) is 4.22. The van der Waals surface area contributed by atoms with Crippen LogP contribution in [0, 0.1) is 13.8 Å². The van der Waals surface area contributed by atoms with Crippen LogP contribution in [0.4, 0.5) is 0 Å². The average molecular weight is 260 g/mol. The molecule has 0 saturated carbocycles. The Bertz CT molecular complexity index is 432. The molecule has 1 unspecified atom stereocenters. The van der Waals surface area contributed by atoms with Gasteiger partial charge in [-0.25, -0.2) is 0 Å². The van der Waals surface area contributed by atoms with Gasteiger partial charge in [-0.05, 0) is 26.8 Å². The molecule has 0 spiro atoms. The van der Waals surface area contributed by atoms with Crippen molar-refractivity contribution in [3.05, 3.63) is 34.6 Å². The van der Waals surface area contributed by atoms with E-state index >= 15 is 0 Å². The van der Waals surface area contributed by atoms with E-state index in [1.807, 2.05) is 24.5 Å².